The van der Waals surface area contributed by atoms with E-state index in [1.54, 1.807) is 0 Å². The highest BCUT2D eigenvalue weighted by Gasteiger charge is 2.22. The summed E-state index contributed by atoms with van der Waals surface area (Å²) in [6, 6.07) is 16.7. The summed E-state index contributed by atoms with van der Waals surface area (Å²) in [4.78, 5) is 0. The van der Waals surface area contributed by atoms with E-state index in [2.05, 4.69) is 46.3 Å². The van der Waals surface area contributed by atoms with Gasteiger partial charge in [-0.1, -0.05) is 46.3 Å². The van der Waals surface area contributed by atoms with E-state index in [0.29, 0.717) is 0 Å². The highest BCUT2D eigenvalue weighted by molar-refractivity contribution is 9.10. The van der Waals surface area contributed by atoms with Crippen LogP contribution in [0.25, 0.3) is 0 Å². The lowest BCUT2D eigenvalue weighted by Gasteiger charge is -2.10. The van der Waals surface area contributed by atoms with E-state index in [-0.39, 0.29) is 6.10 Å². The Labute approximate surface area is 110 Å². The van der Waals surface area contributed by atoms with Gasteiger partial charge in [-0.2, -0.15) is 0 Å². The SMILES string of the molecule is Brc1ccc2c(c1)CC(Cc1ccccc1)O2. The van der Waals surface area contributed by atoms with E-state index in [4.69, 9.17) is 4.74 Å². The first kappa shape index (κ1) is 10.8. The fourth-order valence-electron chi connectivity index (χ4n) is 2.28. The minimum Gasteiger partial charge on any atom is -0.489 e. The van der Waals surface area contributed by atoms with Crippen molar-refractivity contribution in [2.75, 3.05) is 0 Å². The van der Waals surface area contributed by atoms with E-state index >= 15 is 0 Å². The summed E-state index contributed by atoms with van der Waals surface area (Å²) in [5.41, 5.74) is 2.64. The molecule has 0 radical (unpaired) electrons. The van der Waals surface area contributed by atoms with Gasteiger partial charge in [0.1, 0.15) is 11.9 Å². The number of halogens is 1. The van der Waals surface area contributed by atoms with Gasteiger partial charge in [0.25, 0.3) is 0 Å². The maximum atomic E-state index is 5.95. The lowest BCUT2D eigenvalue weighted by atomic mass is 10.0. The predicted molar refractivity (Wildman–Crippen MR) is 72.4 cm³/mol. The highest BCUT2D eigenvalue weighted by Crippen LogP contribution is 2.32. The van der Waals surface area contributed by atoms with Crippen molar-refractivity contribution in [2.24, 2.45) is 0 Å². The lowest BCUT2D eigenvalue weighted by Crippen LogP contribution is -2.16. The lowest BCUT2D eigenvalue weighted by molar-refractivity contribution is 0.233. The van der Waals surface area contributed by atoms with Crippen LogP contribution >= 0.6 is 15.9 Å². The monoisotopic (exact) mass is 288 g/mol. The first-order valence-corrected chi connectivity index (χ1v) is 6.59. The third-order valence-electron chi connectivity index (χ3n) is 3.07. The molecule has 0 saturated heterocycles. The van der Waals surface area contributed by atoms with Crippen LogP contribution in [-0.4, -0.2) is 6.10 Å². The van der Waals surface area contributed by atoms with Gasteiger partial charge in [0.2, 0.25) is 0 Å². The number of hydrogen-bond donors (Lipinski definition) is 0. The molecular weight excluding hydrogens is 276 g/mol. The van der Waals surface area contributed by atoms with E-state index in [1.807, 2.05) is 18.2 Å². The van der Waals surface area contributed by atoms with Crippen LogP contribution in [0.5, 0.6) is 5.75 Å². The van der Waals surface area contributed by atoms with Crippen molar-refractivity contribution in [3.05, 3.63) is 64.1 Å². The summed E-state index contributed by atoms with van der Waals surface area (Å²) >= 11 is 3.50. The smallest absolute Gasteiger partial charge is 0.123 e. The molecule has 0 amide bonds. The summed E-state index contributed by atoms with van der Waals surface area (Å²) < 4.78 is 7.07. The predicted octanol–water partition coefficient (Wildman–Crippen LogP) is 4.00. The number of ether oxygens (including phenoxy) is 1. The average Bonchev–Trinajstić information content (AvgIpc) is 2.71. The molecule has 1 heterocycles. The zero-order valence-corrected chi connectivity index (χ0v) is 11.0. The second-order valence-corrected chi connectivity index (χ2v) is 5.30. The van der Waals surface area contributed by atoms with E-state index in [0.717, 1.165) is 23.1 Å². The molecule has 1 aliphatic heterocycles. The van der Waals surface area contributed by atoms with Gasteiger partial charge >= 0.3 is 0 Å². The van der Waals surface area contributed by atoms with Gasteiger partial charge in [-0.3, -0.25) is 0 Å². The Morgan fingerprint density at radius 3 is 2.76 bits per heavy atom. The van der Waals surface area contributed by atoms with Gasteiger partial charge in [0.05, 0.1) is 0 Å². The van der Waals surface area contributed by atoms with Crippen LogP contribution in [0.15, 0.2) is 53.0 Å². The number of fused-ring (bicyclic) bond motifs is 1. The van der Waals surface area contributed by atoms with E-state index < -0.39 is 0 Å². The van der Waals surface area contributed by atoms with Crippen LogP contribution in [0.3, 0.4) is 0 Å². The molecular formula is C15H13BrO. The molecule has 1 unspecified atom stereocenters. The minimum atomic E-state index is 0.279. The zero-order valence-electron chi connectivity index (χ0n) is 9.40. The van der Waals surface area contributed by atoms with Crippen molar-refractivity contribution in [3.8, 4) is 5.75 Å². The van der Waals surface area contributed by atoms with E-state index in [9.17, 15) is 0 Å². The maximum Gasteiger partial charge on any atom is 0.123 e. The molecule has 1 nitrogen and oxygen atoms in total. The normalized spacial score (nSPS) is 17.6. The van der Waals surface area contributed by atoms with Crippen molar-refractivity contribution < 1.29 is 4.74 Å². The summed E-state index contributed by atoms with van der Waals surface area (Å²) in [6.07, 6.45) is 2.26. The molecule has 2 aromatic rings. The Morgan fingerprint density at radius 1 is 1.12 bits per heavy atom. The van der Waals surface area contributed by atoms with Crippen molar-refractivity contribution >= 4 is 15.9 Å². The fourth-order valence-corrected chi connectivity index (χ4v) is 2.69. The molecule has 86 valence electrons. The minimum absolute atomic E-state index is 0.279. The number of hydrogen-bond acceptors (Lipinski definition) is 1. The van der Waals surface area contributed by atoms with Crippen LogP contribution in [-0.2, 0) is 12.8 Å². The Morgan fingerprint density at radius 2 is 1.94 bits per heavy atom. The molecule has 17 heavy (non-hydrogen) atoms. The molecule has 3 rings (SSSR count). The Balaban J connectivity index is 1.74. The van der Waals surface area contributed by atoms with Crippen molar-refractivity contribution in [3.63, 3.8) is 0 Å². The Bertz CT molecular complexity index is 522. The standard InChI is InChI=1S/C15H13BrO/c16-13-6-7-15-12(9-13)10-14(17-15)8-11-4-2-1-3-5-11/h1-7,9,14H,8,10H2. The van der Waals surface area contributed by atoms with E-state index in [1.165, 1.54) is 11.1 Å². The zero-order chi connectivity index (χ0) is 11.7. The molecule has 1 aliphatic rings. The van der Waals surface area contributed by atoms with Gasteiger partial charge in [0, 0.05) is 17.3 Å². The largest absolute Gasteiger partial charge is 0.489 e. The first-order valence-electron chi connectivity index (χ1n) is 5.80. The molecule has 0 fully saturated rings. The van der Waals surface area contributed by atoms with Gasteiger partial charge in [-0.05, 0) is 29.3 Å². The second kappa shape index (κ2) is 4.53. The van der Waals surface area contributed by atoms with Crippen molar-refractivity contribution in [1.29, 1.82) is 0 Å². The van der Waals surface area contributed by atoms with Crippen LogP contribution in [0.2, 0.25) is 0 Å². The van der Waals surface area contributed by atoms with Crippen molar-refractivity contribution in [1.82, 2.24) is 0 Å². The summed E-state index contributed by atoms with van der Waals surface area (Å²) in [7, 11) is 0. The Hall–Kier alpha value is -1.28. The fraction of sp³-hybridized carbons (Fsp3) is 0.200. The van der Waals surface area contributed by atoms with Crippen LogP contribution in [0.4, 0.5) is 0 Å². The molecule has 0 spiro atoms. The first-order chi connectivity index (χ1) is 8.31. The van der Waals surface area contributed by atoms with Crippen LogP contribution in [0, 0.1) is 0 Å². The van der Waals surface area contributed by atoms with Crippen molar-refractivity contribution in [2.45, 2.75) is 18.9 Å². The maximum absolute atomic E-state index is 5.95. The quantitative estimate of drug-likeness (QED) is 0.812. The van der Waals surface area contributed by atoms with Gasteiger partial charge < -0.3 is 4.74 Å². The molecule has 0 N–H and O–H groups in total. The average molecular weight is 289 g/mol. The molecule has 1 atom stereocenters. The summed E-state index contributed by atoms with van der Waals surface area (Å²) in [6.45, 7) is 0. The number of benzene rings is 2. The molecule has 0 bridgehead atoms. The highest BCUT2D eigenvalue weighted by atomic mass is 79.9. The van der Waals surface area contributed by atoms with Crippen LogP contribution < -0.4 is 4.74 Å². The summed E-state index contributed by atoms with van der Waals surface area (Å²) in [5, 5.41) is 0. The summed E-state index contributed by atoms with van der Waals surface area (Å²) in [5.74, 6) is 1.04. The van der Waals surface area contributed by atoms with Gasteiger partial charge in [-0.15, -0.1) is 0 Å². The van der Waals surface area contributed by atoms with Crippen LogP contribution in [0.1, 0.15) is 11.1 Å². The van der Waals surface area contributed by atoms with Gasteiger partial charge in [-0.25, -0.2) is 0 Å². The molecule has 0 aromatic heterocycles. The van der Waals surface area contributed by atoms with Gasteiger partial charge in [0.15, 0.2) is 0 Å². The Kier molecular flexibility index (Phi) is 2.89. The number of rotatable bonds is 2. The topological polar surface area (TPSA) is 9.23 Å². The third-order valence-corrected chi connectivity index (χ3v) is 3.56. The second-order valence-electron chi connectivity index (χ2n) is 4.39. The molecule has 2 aromatic carbocycles. The molecule has 0 saturated carbocycles. The third kappa shape index (κ3) is 2.37. The molecule has 2 heteroatoms. The molecule has 0 aliphatic carbocycles.